The minimum absolute atomic E-state index is 0.207. The van der Waals surface area contributed by atoms with Gasteiger partial charge in [-0.25, -0.2) is 9.78 Å². The van der Waals surface area contributed by atoms with E-state index in [1.165, 1.54) is 6.20 Å². The zero-order chi connectivity index (χ0) is 20.0. The molecule has 0 aliphatic carbocycles. The lowest BCUT2D eigenvalue weighted by Gasteiger charge is -2.35. The van der Waals surface area contributed by atoms with Crippen molar-refractivity contribution in [2.75, 3.05) is 37.7 Å². The van der Waals surface area contributed by atoms with Crippen LogP contribution in [0.15, 0.2) is 11.0 Å². The standard InChI is InChI=1S/C18H28N4O5/c1-5-26-14(23)7-6-13-12-19-16(24)15(20-13)21-8-10-22(11-9-21)17(25)27-18(2,3)4/h12H,5-11H2,1-4H3,(H,19,24). The number of piperazine rings is 1. The quantitative estimate of drug-likeness (QED) is 0.768. The molecule has 1 aliphatic heterocycles. The number of H-pyrrole nitrogens is 1. The molecule has 2 heterocycles. The van der Waals surface area contributed by atoms with Crippen LogP contribution in [0, 0.1) is 0 Å². The molecule has 9 nitrogen and oxygen atoms in total. The molecule has 2 rings (SSSR count). The van der Waals surface area contributed by atoms with Gasteiger partial charge in [-0.3, -0.25) is 9.59 Å². The van der Waals surface area contributed by atoms with Gasteiger partial charge in [0.15, 0.2) is 5.82 Å². The summed E-state index contributed by atoms with van der Waals surface area (Å²) in [5.74, 6) is 0.0122. The molecule has 27 heavy (non-hydrogen) atoms. The molecule has 1 saturated heterocycles. The largest absolute Gasteiger partial charge is 0.466 e. The van der Waals surface area contributed by atoms with E-state index < -0.39 is 5.60 Å². The van der Waals surface area contributed by atoms with Crippen molar-refractivity contribution in [2.24, 2.45) is 0 Å². The number of hydrogen-bond donors (Lipinski definition) is 1. The Hall–Kier alpha value is -2.58. The van der Waals surface area contributed by atoms with Crippen molar-refractivity contribution in [3.63, 3.8) is 0 Å². The van der Waals surface area contributed by atoms with Gasteiger partial charge in [-0.05, 0) is 27.7 Å². The van der Waals surface area contributed by atoms with Gasteiger partial charge in [0.1, 0.15) is 5.60 Å². The van der Waals surface area contributed by atoms with E-state index in [0.29, 0.717) is 50.7 Å². The Kier molecular flexibility index (Phi) is 6.81. The molecular formula is C18H28N4O5. The van der Waals surface area contributed by atoms with E-state index in [4.69, 9.17) is 9.47 Å². The average molecular weight is 380 g/mol. The molecule has 1 amide bonds. The van der Waals surface area contributed by atoms with E-state index >= 15 is 0 Å². The molecule has 0 unspecified atom stereocenters. The minimum Gasteiger partial charge on any atom is -0.466 e. The number of aromatic amines is 1. The van der Waals surface area contributed by atoms with E-state index in [-0.39, 0.29) is 24.0 Å². The summed E-state index contributed by atoms with van der Waals surface area (Å²) in [6, 6.07) is 0. The molecule has 0 radical (unpaired) electrons. The third-order valence-electron chi connectivity index (χ3n) is 3.94. The normalized spacial score (nSPS) is 14.8. The molecule has 0 spiro atoms. The summed E-state index contributed by atoms with van der Waals surface area (Å²) < 4.78 is 10.3. The summed E-state index contributed by atoms with van der Waals surface area (Å²) in [5.41, 5.74) is -0.215. The maximum Gasteiger partial charge on any atom is 0.410 e. The summed E-state index contributed by atoms with van der Waals surface area (Å²) in [7, 11) is 0. The van der Waals surface area contributed by atoms with Gasteiger partial charge < -0.3 is 24.3 Å². The molecule has 1 aromatic heterocycles. The molecule has 0 atom stereocenters. The highest BCUT2D eigenvalue weighted by molar-refractivity contribution is 5.69. The van der Waals surface area contributed by atoms with Crippen LogP contribution in [-0.4, -0.2) is 65.3 Å². The van der Waals surface area contributed by atoms with Gasteiger partial charge in [0.25, 0.3) is 5.56 Å². The average Bonchev–Trinajstić information content (AvgIpc) is 2.60. The van der Waals surface area contributed by atoms with Crippen LogP contribution in [0.25, 0.3) is 0 Å². The van der Waals surface area contributed by atoms with E-state index in [0.717, 1.165) is 0 Å². The first kappa shape index (κ1) is 20.7. The molecule has 9 heteroatoms. The second kappa shape index (κ2) is 8.88. The molecular weight excluding hydrogens is 352 g/mol. The highest BCUT2D eigenvalue weighted by Gasteiger charge is 2.27. The zero-order valence-electron chi connectivity index (χ0n) is 16.4. The van der Waals surface area contributed by atoms with Crippen LogP contribution in [0.2, 0.25) is 0 Å². The van der Waals surface area contributed by atoms with E-state index in [1.54, 1.807) is 11.8 Å². The lowest BCUT2D eigenvalue weighted by atomic mass is 10.2. The lowest BCUT2D eigenvalue weighted by molar-refractivity contribution is -0.143. The van der Waals surface area contributed by atoms with E-state index in [2.05, 4.69) is 9.97 Å². The highest BCUT2D eigenvalue weighted by atomic mass is 16.6. The molecule has 0 saturated carbocycles. The zero-order valence-corrected chi connectivity index (χ0v) is 16.4. The van der Waals surface area contributed by atoms with Crippen molar-refractivity contribution in [1.29, 1.82) is 0 Å². The van der Waals surface area contributed by atoms with Crippen LogP contribution >= 0.6 is 0 Å². The van der Waals surface area contributed by atoms with E-state index in [9.17, 15) is 14.4 Å². The molecule has 150 valence electrons. The number of amides is 1. The van der Waals surface area contributed by atoms with Gasteiger partial charge in [-0.2, -0.15) is 0 Å². The Labute approximate surface area is 158 Å². The fourth-order valence-corrected chi connectivity index (χ4v) is 2.67. The smallest absolute Gasteiger partial charge is 0.410 e. The number of aromatic nitrogens is 2. The number of ether oxygens (including phenoxy) is 2. The number of nitrogens with zero attached hydrogens (tertiary/aromatic N) is 3. The van der Waals surface area contributed by atoms with Crippen LogP contribution < -0.4 is 10.5 Å². The van der Waals surface area contributed by atoms with Gasteiger partial charge in [0, 0.05) is 38.8 Å². The third-order valence-corrected chi connectivity index (χ3v) is 3.94. The third kappa shape index (κ3) is 6.26. The van der Waals surface area contributed by atoms with E-state index in [1.807, 2.05) is 25.7 Å². The number of nitrogens with one attached hydrogen (secondary N) is 1. The molecule has 1 aliphatic rings. The summed E-state index contributed by atoms with van der Waals surface area (Å²) in [6.45, 7) is 9.43. The van der Waals surface area contributed by atoms with Crippen molar-refractivity contribution >= 4 is 17.9 Å². The van der Waals surface area contributed by atoms with Crippen LogP contribution in [0.1, 0.15) is 39.8 Å². The van der Waals surface area contributed by atoms with Gasteiger partial charge in [-0.15, -0.1) is 0 Å². The maximum atomic E-state index is 12.2. The first-order valence-electron chi connectivity index (χ1n) is 9.16. The van der Waals surface area contributed by atoms with Crippen molar-refractivity contribution in [2.45, 2.75) is 46.1 Å². The summed E-state index contributed by atoms with van der Waals surface area (Å²) in [6.07, 6.45) is 1.76. The first-order valence-corrected chi connectivity index (χ1v) is 9.16. The predicted molar refractivity (Wildman–Crippen MR) is 99.8 cm³/mol. The number of carbonyl (C=O) groups excluding carboxylic acids is 2. The van der Waals surface area contributed by atoms with Crippen molar-refractivity contribution in [1.82, 2.24) is 14.9 Å². The maximum absolute atomic E-state index is 12.2. The molecule has 0 bridgehead atoms. The van der Waals surface area contributed by atoms with Crippen LogP contribution in [0.5, 0.6) is 0 Å². The summed E-state index contributed by atoms with van der Waals surface area (Å²) >= 11 is 0. The second-order valence-electron chi connectivity index (χ2n) is 7.30. The van der Waals surface area contributed by atoms with Gasteiger partial charge in [-0.1, -0.05) is 0 Å². The summed E-state index contributed by atoms with van der Waals surface area (Å²) in [5, 5.41) is 0. The van der Waals surface area contributed by atoms with Gasteiger partial charge >= 0.3 is 12.1 Å². The number of esters is 1. The Morgan fingerprint density at radius 1 is 1.22 bits per heavy atom. The number of carbonyl (C=O) groups is 2. The van der Waals surface area contributed by atoms with Crippen molar-refractivity contribution in [3.05, 3.63) is 22.2 Å². The predicted octanol–water partition coefficient (Wildman–Crippen LogP) is 1.32. The Morgan fingerprint density at radius 2 is 1.89 bits per heavy atom. The fourth-order valence-electron chi connectivity index (χ4n) is 2.67. The van der Waals surface area contributed by atoms with Crippen LogP contribution in [-0.2, 0) is 20.7 Å². The number of rotatable bonds is 5. The highest BCUT2D eigenvalue weighted by Crippen LogP contribution is 2.14. The topological polar surface area (TPSA) is 105 Å². The Bertz CT molecular complexity index is 717. The molecule has 1 aromatic rings. The Morgan fingerprint density at radius 3 is 2.48 bits per heavy atom. The SMILES string of the molecule is CCOC(=O)CCc1c[nH]c(=O)c(N2CCN(C(=O)OC(C)(C)C)CC2)n1. The summed E-state index contributed by atoms with van der Waals surface area (Å²) in [4.78, 5) is 46.3. The molecule has 0 aromatic carbocycles. The van der Waals surface area contributed by atoms with Crippen LogP contribution in [0.3, 0.4) is 0 Å². The van der Waals surface area contributed by atoms with Crippen molar-refractivity contribution < 1.29 is 19.1 Å². The monoisotopic (exact) mass is 380 g/mol. The minimum atomic E-state index is -0.541. The van der Waals surface area contributed by atoms with Crippen LogP contribution in [0.4, 0.5) is 10.6 Å². The van der Waals surface area contributed by atoms with Crippen molar-refractivity contribution in [3.8, 4) is 0 Å². The lowest BCUT2D eigenvalue weighted by Crippen LogP contribution is -2.51. The van der Waals surface area contributed by atoms with Gasteiger partial charge in [0.05, 0.1) is 18.7 Å². The molecule has 1 fully saturated rings. The molecule has 1 N–H and O–H groups in total. The number of aryl methyl sites for hydroxylation is 1. The van der Waals surface area contributed by atoms with Gasteiger partial charge in [0.2, 0.25) is 0 Å². The first-order chi connectivity index (χ1) is 12.7. The number of anilines is 1. The number of hydrogen-bond acceptors (Lipinski definition) is 7. The second-order valence-corrected chi connectivity index (χ2v) is 7.30. The fraction of sp³-hybridized carbons (Fsp3) is 0.667. The Balaban J connectivity index is 1.97.